The molecule has 2 saturated heterocycles. The topological polar surface area (TPSA) is 93.7 Å². The molecule has 4 aliphatic rings. The van der Waals surface area contributed by atoms with Crippen LogP contribution < -0.4 is 19.9 Å². The summed E-state index contributed by atoms with van der Waals surface area (Å²) in [5.41, 5.74) is -0.448. The van der Waals surface area contributed by atoms with Crippen LogP contribution in [0, 0.1) is 24.4 Å². The van der Waals surface area contributed by atoms with Gasteiger partial charge in [-0.05, 0) is 31.5 Å². The summed E-state index contributed by atoms with van der Waals surface area (Å²) in [6.45, 7) is 4.68. The lowest BCUT2D eigenvalue weighted by Crippen LogP contribution is -2.40. The molecule has 2 fully saturated rings. The number of nitrogens with zero attached hydrogens (tertiary/aromatic N) is 2. The molecule has 1 aliphatic carbocycles. The summed E-state index contributed by atoms with van der Waals surface area (Å²) in [5.74, 6) is -5.93. The summed E-state index contributed by atoms with van der Waals surface area (Å²) in [6.07, 6.45) is 2.40. The van der Waals surface area contributed by atoms with Crippen molar-refractivity contribution in [2.24, 2.45) is 0 Å². The van der Waals surface area contributed by atoms with Crippen LogP contribution in [0.3, 0.4) is 0 Å². The first-order chi connectivity index (χ1) is 18.3. The zero-order chi connectivity index (χ0) is 27.1. The van der Waals surface area contributed by atoms with Crippen molar-refractivity contribution in [1.82, 2.24) is 4.58 Å². The smallest absolute Gasteiger partial charge is 0.373 e. The van der Waals surface area contributed by atoms with Crippen LogP contribution in [-0.4, -0.2) is 38.3 Å². The molecule has 0 atom stereocenters. The molecule has 2 aromatic rings. The number of hydrogen-bond acceptors (Lipinski definition) is 6. The molecule has 0 bridgehead atoms. The van der Waals surface area contributed by atoms with Crippen LogP contribution >= 0.6 is 0 Å². The van der Waals surface area contributed by atoms with E-state index in [1.165, 1.54) is 0 Å². The van der Waals surface area contributed by atoms with Gasteiger partial charge in [0.1, 0.15) is 30.3 Å². The molecule has 3 aliphatic heterocycles. The van der Waals surface area contributed by atoms with Gasteiger partial charge in [0, 0.05) is 64.1 Å². The Morgan fingerprint density at radius 2 is 1.68 bits per heavy atom. The lowest BCUT2D eigenvalue weighted by molar-refractivity contribution is -0.255. The van der Waals surface area contributed by atoms with Crippen molar-refractivity contribution in [1.29, 1.82) is 0 Å². The van der Waals surface area contributed by atoms with E-state index in [2.05, 4.69) is 9.48 Å². The molecule has 0 unspecified atom stereocenters. The maximum atomic E-state index is 15.6. The summed E-state index contributed by atoms with van der Waals surface area (Å²) in [6, 6.07) is 10.7. The van der Waals surface area contributed by atoms with Gasteiger partial charge in [-0.1, -0.05) is 0 Å². The van der Waals surface area contributed by atoms with E-state index in [0.717, 1.165) is 57.0 Å². The number of carbonyl (C=O) groups is 1. The zero-order valence-electron chi connectivity index (χ0n) is 20.3. The summed E-state index contributed by atoms with van der Waals surface area (Å²) in [5, 5.41) is 13.3. The lowest BCUT2D eigenvalue weighted by Gasteiger charge is -2.33. The number of carboxylic acid groups (broad SMARTS) is 1. The van der Waals surface area contributed by atoms with Crippen LogP contribution in [0.2, 0.25) is 0 Å². The highest BCUT2D eigenvalue weighted by atomic mass is 19.2. The predicted octanol–water partition coefficient (Wildman–Crippen LogP) is 3.10. The Hall–Kier alpha value is -4.43. The van der Waals surface area contributed by atoms with Crippen LogP contribution in [0.1, 0.15) is 28.8 Å². The third kappa shape index (κ3) is 4.03. The fraction of sp³-hybridized carbons (Fsp3) is 0.250. The number of rotatable bonds is 3. The number of aromatic carboxylic acids is 1. The summed E-state index contributed by atoms with van der Waals surface area (Å²) in [7, 11) is 0. The van der Waals surface area contributed by atoms with Gasteiger partial charge < -0.3 is 19.2 Å². The average Bonchev–Trinajstić information content (AvgIpc) is 2.81. The molecule has 38 heavy (non-hydrogen) atoms. The molecule has 0 N–H and O–H groups in total. The summed E-state index contributed by atoms with van der Waals surface area (Å²) in [4.78, 5) is 30.4. The number of benzene rings is 3. The number of carboxylic acids is 1. The van der Waals surface area contributed by atoms with Crippen molar-refractivity contribution < 1.29 is 37.1 Å². The van der Waals surface area contributed by atoms with E-state index < -0.39 is 40.1 Å². The predicted molar refractivity (Wildman–Crippen MR) is 129 cm³/mol. The van der Waals surface area contributed by atoms with Crippen molar-refractivity contribution in [2.75, 3.05) is 31.1 Å². The number of carbonyl (C=O) groups excluding carboxylic acids is 3. The van der Waals surface area contributed by atoms with E-state index in [1.807, 2.05) is 24.3 Å². The van der Waals surface area contributed by atoms with Gasteiger partial charge in [0.15, 0.2) is 11.6 Å². The SMILES string of the molecule is Cc1c(F)c(F)c(C(=O)[O-])c(-c2c3ccc(=[N+]4CCC4)cc-3oc3cc(N4CCC4)ccc23)c1F.O=C=O. The second kappa shape index (κ2) is 9.79. The molecule has 2 aromatic carbocycles. The molecule has 3 heterocycles. The molecule has 0 spiro atoms. The third-order valence-electron chi connectivity index (χ3n) is 7.13. The molecular weight excluding hydrogens is 501 g/mol. The lowest BCUT2D eigenvalue weighted by atomic mass is 9.88. The van der Waals surface area contributed by atoms with Crippen LogP contribution in [0.5, 0.6) is 0 Å². The molecular formula is C28H21F3N2O5. The summed E-state index contributed by atoms with van der Waals surface area (Å²) < 4.78 is 53.3. The van der Waals surface area contributed by atoms with Gasteiger partial charge in [0.05, 0.1) is 18.5 Å². The Morgan fingerprint density at radius 3 is 2.26 bits per heavy atom. The monoisotopic (exact) mass is 522 g/mol. The van der Waals surface area contributed by atoms with Crippen LogP contribution in [0.25, 0.3) is 33.4 Å². The Morgan fingerprint density at radius 1 is 0.974 bits per heavy atom. The quantitative estimate of drug-likeness (QED) is 0.233. The first-order valence-electron chi connectivity index (χ1n) is 12.0. The molecule has 6 rings (SSSR count). The van der Waals surface area contributed by atoms with E-state index in [9.17, 15) is 18.7 Å². The largest absolute Gasteiger partial charge is 0.545 e. The highest BCUT2D eigenvalue weighted by molar-refractivity contribution is 6.08. The zero-order valence-corrected chi connectivity index (χ0v) is 20.3. The molecule has 194 valence electrons. The number of hydrogen-bond donors (Lipinski definition) is 0. The second-order valence-corrected chi connectivity index (χ2v) is 9.21. The first-order valence-corrected chi connectivity index (χ1v) is 12.0. The van der Waals surface area contributed by atoms with E-state index in [4.69, 9.17) is 14.0 Å². The van der Waals surface area contributed by atoms with Crippen LogP contribution in [-0.2, 0) is 9.59 Å². The third-order valence-corrected chi connectivity index (χ3v) is 7.13. The Bertz CT molecular complexity index is 1680. The van der Waals surface area contributed by atoms with Gasteiger partial charge in [-0.15, -0.1) is 0 Å². The molecule has 0 saturated carbocycles. The number of fused-ring (bicyclic) bond motifs is 2. The van der Waals surface area contributed by atoms with E-state index in [-0.39, 0.29) is 11.7 Å². The van der Waals surface area contributed by atoms with Crippen molar-refractivity contribution in [2.45, 2.75) is 19.8 Å². The van der Waals surface area contributed by atoms with Gasteiger partial charge in [-0.3, -0.25) is 0 Å². The van der Waals surface area contributed by atoms with Crippen molar-refractivity contribution in [3.63, 3.8) is 0 Å². The molecule has 0 amide bonds. The molecule has 0 radical (unpaired) electrons. The Kier molecular flexibility index (Phi) is 6.50. The van der Waals surface area contributed by atoms with E-state index in [1.54, 1.807) is 12.1 Å². The Balaban J connectivity index is 0.000000937. The highest BCUT2D eigenvalue weighted by Crippen LogP contribution is 2.44. The first kappa shape index (κ1) is 25.2. The fourth-order valence-corrected chi connectivity index (χ4v) is 4.88. The molecule has 10 heteroatoms. The average molecular weight is 522 g/mol. The number of halogens is 3. The van der Waals surface area contributed by atoms with Crippen molar-refractivity contribution in [3.8, 4) is 22.5 Å². The van der Waals surface area contributed by atoms with Crippen LogP contribution in [0.15, 0.2) is 40.8 Å². The minimum absolute atomic E-state index is 0.130. The normalized spacial score (nSPS) is 14.4. The van der Waals surface area contributed by atoms with Gasteiger partial charge in [-0.25, -0.2) is 17.7 Å². The van der Waals surface area contributed by atoms with Crippen molar-refractivity contribution >= 4 is 28.8 Å². The minimum atomic E-state index is -1.99. The van der Waals surface area contributed by atoms with Crippen LogP contribution in [0.4, 0.5) is 18.9 Å². The highest BCUT2D eigenvalue weighted by Gasteiger charge is 2.30. The number of anilines is 1. The standard InChI is InChI=1S/C27H21F3N2O3.CO2/c1-14-24(28)22(23(27(33)34)26(30)25(14)29)21-17-6-4-15(31-8-2-9-31)12-19(17)35-20-13-16(5-7-18(20)21)32-10-3-11-32;2-1-3/h4-7,12-13H,2-3,8-11H2,1H3;. The van der Waals surface area contributed by atoms with Gasteiger partial charge in [-0.2, -0.15) is 9.59 Å². The van der Waals surface area contributed by atoms with Gasteiger partial charge in [0.2, 0.25) is 5.36 Å². The summed E-state index contributed by atoms with van der Waals surface area (Å²) >= 11 is 0. The van der Waals surface area contributed by atoms with Gasteiger partial charge >= 0.3 is 6.15 Å². The second-order valence-electron chi connectivity index (χ2n) is 9.21. The van der Waals surface area contributed by atoms with E-state index in [0.29, 0.717) is 22.3 Å². The van der Waals surface area contributed by atoms with Gasteiger partial charge in [0.25, 0.3) is 0 Å². The minimum Gasteiger partial charge on any atom is -0.545 e. The fourth-order valence-electron chi connectivity index (χ4n) is 4.88. The molecule has 7 nitrogen and oxygen atoms in total. The maximum Gasteiger partial charge on any atom is 0.373 e. The maximum absolute atomic E-state index is 15.6. The van der Waals surface area contributed by atoms with E-state index >= 15 is 4.39 Å². The van der Waals surface area contributed by atoms with Crippen molar-refractivity contribution in [3.05, 3.63) is 70.3 Å². The molecule has 0 aromatic heterocycles. The Labute approximate surface area is 214 Å².